The summed E-state index contributed by atoms with van der Waals surface area (Å²) in [6, 6.07) is 0. The van der Waals surface area contributed by atoms with E-state index in [2.05, 4.69) is 14.9 Å². The molecule has 1 aromatic rings. The first-order chi connectivity index (χ1) is 8.20. The van der Waals surface area contributed by atoms with Gasteiger partial charge in [-0.05, 0) is 32.9 Å². The van der Waals surface area contributed by atoms with Gasteiger partial charge in [0.2, 0.25) is 0 Å². The van der Waals surface area contributed by atoms with Gasteiger partial charge < -0.3 is 9.72 Å². The lowest BCUT2D eigenvalue weighted by Crippen LogP contribution is -2.21. The van der Waals surface area contributed by atoms with Crippen LogP contribution in [0.25, 0.3) is 0 Å². The monoisotopic (exact) mass is 239 g/mol. The maximum absolute atomic E-state index is 11.6. The fraction of sp³-hybridized carbons (Fsp3) is 0.636. The quantitative estimate of drug-likeness (QED) is 0.749. The molecule has 6 heteroatoms. The second-order valence-corrected chi connectivity index (χ2v) is 4.14. The second-order valence-electron chi connectivity index (χ2n) is 4.14. The van der Waals surface area contributed by atoms with E-state index in [0.717, 1.165) is 13.1 Å². The molecule has 1 aliphatic heterocycles. The van der Waals surface area contributed by atoms with Gasteiger partial charge in [0.1, 0.15) is 5.69 Å². The fourth-order valence-electron chi connectivity index (χ4n) is 2.08. The lowest BCUT2D eigenvalue weighted by atomic mass is 10.3. The second kappa shape index (κ2) is 5.18. The molecule has 1 aliphatic rings. The zero-order chi connectivity index (χ0) is 12.3. The molecule has 0 radical (unpaired) electrons. The highest BCUT2D eigenvalue weighted by molar-refractivity contribution is 5.88. The molecule has 0 unspecified atom stereocenters. The number of ether oxygens (including phenoxy) is 1. The number of esters is 1. The van der Waals surface area contributed by atoms with E-state index in [0.29, 0.717) is 18.8 Å². The first kappa shape index (κ1) is 11.9. The summed E-state index contributed by atoms with van der Waals surface area (Å²) in [7, 11) is 0. The lowest BCUT2D eigenvalue weighted by Gasteiger charge is -2.13. The smallest absolute Gasteiger partial charge is 0.356 e. The van der Waals surface area contributed by atoms with Crippen LogP contribution < -0.4 is 5.69 Å². The molecule has 17 heavy (non-hydrogen) atoms. The van der Waals surface area contributed by atoms with Gasteiger partial charge in [0.25, 0.3) is 0 Å². The summed E-state index contributed by atoms with van der Waals surface area (Å²) in [5.74, 6) is -0.472. The largest absolute Gasteiger partial charge is 0.461 e. The number of carbonyl (C=O) groups is 1. The van der Waals surface area contributed by atoms with E-state index in [-0.39, 0.29) is 11.4 Å². The van der Waals surface area contributed by atoms with Gasteiger partial charge >= 0.3 is 11.7 Å². The van der Waals surface area contributed by atoms with E-state index in [1.807, 2.05) is 0 Å². The SMILES string of the molecule is CCOC(=O)c1[nH]c(=O)[nH]c1CN1CCCC1. The van der Waals surface area contributed by atoms with Crippen LogP contribution in [-0.4, -0.2) is 40.5 Å². The standard InChI is InChI=1S/C11H17N3O3/c1-2-17-10(15)9-8(12-11(16)13-9)7-14-5-3-4-6-14/h2-7H2,1H3,(H2,12,13,16). The van der Waals surface area contributed by atoms with Crippen molar-refractivity contribution in [3.05, 3.63) is 21.9 Å². The van der Waals surface area contributed by atoms with Gasteiger partial charge in [0.15, 0.2) is 0 Å². The summed E-state index contributed by atoms with van der Waals surface area (Å²) in [5, 5.41) is 0. The van der Waals surface area contributed by atoms with Crippen molar-refractivity contribution in [2.75, 3.05) is 19.7 Å². The average molecular weight is 239 g/mol. The normalized spacial score (nSPS) is 16.3. The maximum atomic E-state index is 11.6. The molecule has 0 saturated carbocycles. The summed E-state index contributed by atoms with van der Waals surface area (Å²) >= 11 is 0. The van der Waals surface area contributed by atoms with E-state index in [1.54, 1.807) is 6.92 Å². The molecule has 0 amide bonds. The Bertz CT molecular complexity index is 443. The van der Waals surface area contributed by atoms with Crippen molar-refractivity contribution < 1.29 is 9.53 Å². The van der Waals surface area contributed by atoms with Crippen LogP contribution in [0.3, 0.4) is 0 Å². The van der Waals surface area contributed by atoms with E-state index >= 15 is 0 Å². The number of imidazole rings is 1. The highest BCUT2D eigenvalue weighted by atomic mass is 16.5. The van der Waals surface area contributed by atoms with Gasteiger partial charge in [-0.1, -0.05) is 0 Å². The Labute approximate surface area is 99.0 Å². The van der Waals surface area contributed by atoms with Gasteiger partial charge in [-0.3, -0.25) is 9.88 Å². The van der Waals surface area contributed by atoms with Crippen LogP contribution >= 0.6 is 0 Å². The van der Waals surface area contributed by atoms with Crippen molar-refractivity contribution in [2.24, 2.45) is 0 Å². The number of nitrogens with one attached hydrogen (secondary N) is 2. The van der Waals surface area contributed by atoms with Crippen molar-refractivity contribution in [1.29, 1.82) is 0 Å². The molecule has 2 N–H and O–H groups in total. The zero-order valence-electron chi connectivity index (χ0n) is 9.91. The van der Waals surface area contributed by atoms with Crippen LogP contribution in [0.2, 0.25) is 0 Å². The molecule has 1 fully saturated rings. The van der Waals surface area contributed by atoms with Crippen LogP contribution in [0.15, 0.2) is 4.79 Å². The van der Waals surface area contributed by atoms with E-state index in [4.69, 9.17) is 4.74 Å². The molecule has 0 bridgehead atoms. The fourth-order valence-corrected chi connectivity index (χ4v) is 2.08. The van der Waals surface area contributed by atoms with Crippen LogP contribution in [0.1, 0.15) is 35.9 Å². The van der Waals surface area contributed by atoms with Gasteiger partial charge in [-0.2, -0.15) is 0 Å². The third-order valence-corrected chi connectivity index (χ3v) is 2.86. The minimum Gasteiger partial charge on any atom is -0.461 e. The molecule has 1 saturated heterocycles. The highest BCUT2D eigenvalue weighted by Crippen LogP contribution is 2.13. The molecule has 2 heterocycles. The topological polar surface area (TPSA) is 78.2 Å². The number of likely N-dealkylation sites (tertiary alicyclic amines) is 1. The molecule has 0 aromatic carbocycles. The molecule has 1 aromatic heterocycles. The molecule has 6 nitrogen and oxygen atoms in total. The van der Waals surface area contributed by atoms with E-state index < -0.39 is 5.97 Å². The Hall–Kier alpha value is -1.56. The Morgan fingerprint density at radius 3 is 2.71 bits per heavy atom. The van der Waals surface area contributed by atoms with Crippen LogP contribution in [0.4, 0.5) is 0 Å². The molecule has 0 spiro atoms. The highest BCUT2D eigenvalue weighted by Gasteiger charge is 2.20. The van der Waals surface area contributed by atoms with E-state index in [9.17, 15) is 9.59 Å². The Morgan fingerprint density at radius 2 is 2.06 bits per heavy atom. The number of carbonyl (C=O) groups excluding carboxylic acids is 1. The molecule has 2 rings (SSSR count). The van der Waals surface area contributed by atoms with Crippen molar-refractivity contribution in [3.63, 3.8) is 0 Å². The third-order valence-electron chi connectivity index (χ3n) is 2.86. The Kier molecular flexibility index (Phi) is 3.63. The molecule has 0 atom stereocenters. The summed E-state index contributed by atoms with van der Waals surface area (Å²) in [6.07, 6.45) is 2.34. The molecular formula is C11H17N3O3. The van der Waals surface area contributed by atoms with E-state index in [1.165, 1.54) is 12.8 Å². The number of hydrogen-bond acceptors (Lipinski definition) is 4. The van der Waals surface area contributed by atoms with Crippen molar-refractivity contribution in [3.8, 4) is 0 Å². The minimum absolute atomic E-state index is 0.253. The Morgan fingerprint density at radius 1 is 1.35 bits per heavy atom. The maximum Gasteiger partial charge on any atom is 0.356 e. The van der Waals surface area contributed by atoms with Gasteiger partial charge in [0, 0.05) is 6.54 Å². The number of H-pyrrole nitrogens is 2. The van der Waals surface area contributed by atoms with Gasteiger partial charge in [-0.25, -0.2) is 9.59 Å². The minimum atomic E-state index is -0.472. The van der Waals surface area contributed by atoms with Crippen LogP contribution in [-0.2, 0) is 11.3 Å². The number of rotatable bonds is 4. The summed E-state index contributed by atoms with van der Waals surface area (Å²) in [5.41, 5.74) is 0.515. The molecular weight excluding hydrogens is 222 g/mol. The predicted octanol–water partition coefficient (Wildman–Crippen LogP) is 0.475. The number of nitrogens with zero attached hydrogens (tertiary/aromatic N) is 1. The number of aromatic amines is 2. The van der Waals surface area contributed by atoms with Crippen molar-refractivity contribution >= 4 is 5.97 Å². The number of hydrogen-bond donors (Lipinski definition) is 2. The third kappa shape index (κ3) is 2.76. The summed E-state index contributed by atoms with van der Waals surface area (Å²) < 4.78 is 4.90. The molecule has 94 valence electrons. The van der Waals surface area contributed by atoms with Crippen molar-refractivity contribution in [2.45, 2.75) is 26.3 Å². The van der Waals surface area contributed by atoms with Crippen LogP contribution in [0.5, 0.6) is 0 Å². The first-order valence-corrected chi connectivity index (χ1v) is 5.91. The first-order valence-electron chi connectivity index (χ1n) is 5.91. The summed E-state index contributed by atoms with van der Waals surface area (Å²) in [6.45, 7) is 4.65. The Balaban J connectivity index is 2.14. The summed E-state index contributed by atoms with van der Waals surface area (Å²) in [4.78, 5) is 30.2. The van der Waals surface area contributed by atoms with Crippen molar-refractivity contribution in [1.82, 2.24) is 14.9 Å². The average Bonchev–Trinajstić information content (AvgIpc) is 2.89. The lowest BCUT2D eigenvalue weighted by molar-refractivity contribution is 0.0517. The van der Waals surface area contributed by atoms with Gasteiger partial charge in [-0.15, -0.1) is 0 Å². The number of aromatic nitrogens is 2. The van der Waals surface area contributed by atoms with Crippen LogP contribution in [0, 0.1) is 0 Å². The molecule has 0 aliphatic carbocycles. The van der Waals surface area contributed by atoms with Gasteiger partial charge in [0.05, 0.1) is 12.3 Å². The predicted molar refractivity (Wildman–Crippen MR) is 61.9 cm³/mol. The zero-order valence-corrected chi connectivity index (χ0v) is 9.91.